The molecule has 0 atom stereocenters. The zero-order chi connectivity index (χ0) is 20.5. The van der Waals surface area contributed by atoms with Crippen LogP contribution in [0.15, 0.2) is 30.3 Å². The first-order valence-corrected chi connectivity index (χ1v) is 7.41. The van der Waals surface area contributed by atoms with E-state index < -0.39 is 49.5 Å². The molecule has 142 valence electrons. The van der Waals surface area contributed by atoms with E-state index in [1.807, 2.05) is 0 Å². The predicted molar refractivity (Wildman–Crippen MR) is 88.9 cm³/mol. The van der Waals surface area contributed by atoms with Crippen LogP contribution in [0.3, 0.4) is 0 Å². The van der Waals surface area contributed by atoms with Crippen LogP contribution in [0, 0.1) is 27.2 Å². The monoisotopic (exact) mass is 403 g/mol. The molecule has 0 aromatic heterocycles. The van der Waals surface area contributed by atoms with Gasteiger partial charge in [0.1, 0.15) is 5.56 Å². The Hall–Kier alpha value is -3.21. The van der Waals surface area contributed by atoms with E-state index in [4.69, 9.17) is 11.6 Å². The lowest BCUT2D eigenvalue weighted by atomic mass is 10.1. The van der Waals surface area contributed by atoms with Crippen molar-refractivity contribution in [1.82, 2.24) is 0 Å². The normalized spacial score (nSPS) is 11.1. The molecule has 0 aliphatic rings. The molecule has 27 heavy (non-hydrogen) atoms. The Kier molecular flexibility index (Phi) is 5.36. The van der Waals surface area contributed by atoms with E-state index in [9.17, 15) is 38.2 Å². The maximum Gasteiger partial charge on any atom is 0.417 e. The lowest BCUT2D eigenvalue weighted by Crippen LogP contribution is -2.14. The molecule has 0 spiro atoms. The summed E-state index contributed by atoms with van der Waals surface area (Å²) in [6, 6.07) is 4.19. The van der Waals surface area contributed by atoms with E-state index in [0.29, 0.717) is 6.07 Å². The zero-order valence-corrected chi connectivity index (χ0v) is 14.1. The number of halogens is 4. The number of amides is 1. The van der Waals surface area contributed by atoms with Gasteiger partial charge in [0.05, 0.1) is 26.0 Å². The van der Waals surface area contributed by atoms with Gasteiger partial charge in [0.2, 0.25) is 0 Å². The topological polar surface area (TPSA) is 115 Å². The summed E-state index contributed by atoms with van der Waals surface area (Å²) in [5, 5.41) is 23.6. The molecule has 8 nitrogen and oxygen atoms in total. The molecule has 0 saturated heterocycles. The molecule has 2 aromatic rings. The summed E-state index contributed by atoms with van der Waals surface area (Å²) in [5.74, 6) is -1.06. The van der Waals surface area contributed by atoms with E-state index in [0.717, 1.165) is 31.2 Å². The van der Waals surface area contributed by atoms with Crippen molar-refractivity contribution in [3.63, 3.8) is 0 Å². The summed E-state index contributed by atoms with van der Waals surface area (Å²) in [6.07, 6.45) is -4.76. The molecular weight excluding hydrogens is 395 g/mol. The summed E-state index contributed by atoms with van der Waals surface area (Å²) in [5.41, 5.74) is -3.52. The fraction of sp³-hybridized carbons (Fsp3) is 0.133. The number of hydrogen-bond donors (Lipinski definition) is 1. The molecule has 0 saturated carbocycles. The van der Waals surface area contributed by atoms with Gasteiger partial charge in [-0.1, -0.05) is 11.6 Å². The lowest BCUT2D eigenvalue weighted by Gasteiger charge is -2.12. The van der Waals surface area contributed by atoms with Crippen molar-refractivity contribution in [2.24, 2.45) is 0 Å². The summed E-state index contributed by atoms with van der Waals surface area (Å²) in [6.45, 7) is 1.15. The van der Waals surface area contributed by atoms with Crippen molar-refractivity contribution in [2.75, 3.05) is 5.32 Å². The molecule has 0 heterocycles. The molecule has 1 N–H and O–H groups in total. The summed E-state index contributed by atoms with van der Waals surface area (Å²) in [7, 11) is 0. The molecule has 2 aromatic carbocycles. The summed E-state index contributed by atoms with van der Waals surface area (Å²) < 4.78 is 38.6. The van der Waals surface area contributed by atoms with Crippen LogP contribution in [0.2, 0.25) is 5.02 Å². The minimum absolute atomic E-state index is 0.257. The maximum absolute atomic E-state index is 12.9. The van der Waals surface area contributed by atoms with Crippen LogP contribution in [-0.4, -0.2) is 15.8 Å². The maximum atomic E-state index is 12.9. The second kappa shape index (κ2) is 7.19. The summed E-state index contributed by atoms with van der Waals surface area (Å²) in [4.78, 5) is 32.5. The first-order valence-electron chi connectivity index (χ1n) is 7.03. The molecule has 12 heteroatoms. The zero-order valence-electron chi connectivity index (χ0n) is 13.3. The van der Waals surface area contributed by atoms with Crippen LogP contribution in [0.4, 0.5) is 30.2 Å². The van der Waals surface area contributed by atoms with Crippen LogP contribution < -0.4 is 5.32 Å². The van der Waals surface area contributed by atoms with Gasteiger partial charge in [0, 0.05) is 17.8 Å². The number of nitro benzene ring substituents is 2. The highest BCUT2D eigenvalue weighted by atomic mass is 35.5. The smallest absolute Gasteiger partial charge is 0.322 e. The van der Waals surface area contributed by atoms with Crippen molar-refractivity contribution in [3.8, 4) is 0 Å². The highest BCUT2D eigenvalue weighted by Crippen LogP contribution is 2.36. The van der Waals surface area contributed by atoms with E-state index in [1.54, 1.807) is 0 Å². The third-order valence-corrected chi connectivity index (χ3v) is 3.87. The van der Waals surface area contributed by atoms with Gasteiger partial charge in [-0.2, -0.15) is 13.2 Å². The van der Waals surface area contributed by atoms with Crippen LogP contribution in [-0.2, 0) is 6.18 Å². The van der Waals surface area contributed by atoms with E-state index in [2.05, 4.69) is 5.32 Å². The van der Waals surface area contributed by atoms with Gasteiger partial charge in [-0.3, -0.25) is 25.0 Å². The van der Waals surface area contributed by atoms with Crippen molar-refractivity contribution in [2.45, 2.75) is 13.1 Å². The first-order chi connectivity index (χ1) is 12.4. The number of anilines is 1. The van der Waals surface area contributed by atoms with Crippen molar-refractivity contribution < 1.29 is 27.8 Å². The molecular formula is C15H9ClF3N3O5. The van der Waals surface area contributed by atoms with Gasteiger partial charge < -0.3 is 5.32 Å². The minimum atomic E-state index is -4.76. The lowest BCUT2D eigenvalue weighted by molar-refractivity contribution is -0.395. The molecule has 0 fully saturated rings. The highest BCUT2D eigenvalue weighted by molar-refractivity contribution is 6.31. The Morgan fingerprint density at radius 2 is 1.59 bits per heavy atom. The standard InChI is InChI=1S/C15H9ClF3N3O5/c1-7-12(21(24)25)4-8(5-13(7)22(26)27)14(23)20-9-2-3-11(16)10(6-9)15(17,18)19/h2-6H,1H3,(H,20,23). The Balaban J connectivity index is 2.45. The predicted octanol–water partition coefficient (Wildman–Crippen LogP) is 4.74. The second-order valence-electron chi connectivity index (χ2n) is 5.30. The number of nitrogens with zero attached hydrogens (tertiary/aromatic N) is 2. The average Bonchev–Trinajstić information content (AvgIpc) is 2.55. The quantitative estimate of drug-likeness (QED) is 0.585. The molecule has 2 rings (SSSR count). The van der Waals surface area contributed by atoms with E-state index in [-0.39, 0.29) is 11.3 Å². The van der Waals surface area contributed by atoms with Crippen LogP contribution in [0.5, 0.6) is 0 Å². The number of benzene rings is 2. The third-order valence-electron chi connectivity index (χ3n) is 3.54. The molecule has 1 amide bonds. The minimum Gasteiger partial charge on any atom is -0.322 e. The average molecular weight is 404 g/mol. The Morgan fingerprint density at radius 1 is 1.07 bits per heavy atom. The number of nitrogens with one attached hydrogen (secondary N) is 1. The Bertz CT molecular complexity index is 927. The van der Waals surface area contributed by atoms with Crippen molar-refractivity contribution in [1.29, 1.82) is 0 Å². The number of alkyl halides is 3. The van der Waals surface area contributed by atoms with Crippen LogP contribution in [0.1, 0.15) is 21.5 Å². The van der Waals surface area contributed by atoms with Crippen LogP contribution in [0.25, 0.3) is 0 Å². The molecule has 0 unspecified atom stereocenters. The fourth-order valence-electron chi connectivity index (χ4n) is 2.22. The van der Waals surface area contributed by atoms with E-state index in [1.165, 1.54) is 0 Å². The SMILES string of the molecule is Cc1c([N+](=O)[O-])cc(C(=O)Nc2ccc(Cl)c(C(F)(F)F)c2)cc1[N+](=O)[O-]. The number of carbonyl (C=O) groups excluding carboxylic acids is 1. The highest BCUT2D eigenvalue weighted by Gasteiger charge is 2.33. The molecule has 0 aliphatic heterocycles. The number of nitro groups is 2. The van der Waals surface area contributed by atoms with Gasteiger partial charge in [-0.15, -0.1) is 0 Å². The van der Waals surface area contributed by atoms with Crippen molar-refractivity contribution in [3.05, 3.63) is 72.3 Å². The molecule has 0 aliphatic carbocycles. The van der Waals surface area contributed by atoms with Gasteiger partial charge in [0.25, 0.3) is 17.3 Å². The number of carbonyl (C=O) groups is 1. The number of hydrogen-bond acceptors (Lipinski definition) is 5. The van der Waals surface area contributed by atoms with Gasteiger partial charge in [-0.25, -0.2) is 0 Å². The second-order valence-corrected chi connectivity index (χ2v) is 5.71. The van der Waals surface area contributed by atoms with Crippen LogP contribution >= 0.6 is 11.6 Å². The Morgan fingerprint density at radius 3 is 2.04 bits per heavy atom. The van der Waals surface area contributed by atoms with Gasteiger partial charge in [-0.05, 0) is 25.1 Å². The van der Waals surface area contributed by atoms with Gasteiger partial charge in [0.15, 0.2) is 0 Å². The number of rotatable bonds is 4. The van der Waals surface area contributed by atoms with Gasteiger partial charge >= 0.3 is 6.18 Å². The Labute approximate surface area is 153 Å². The summed E-state index contributed by atoms with van der Waals surface area (Å²) >= 11 is 5.48. The van der Waals surface area contributed by atoms with Crippen molar-refractivity contribution >= 4 is 34.6 Å². The molecule has 0 bridgehead atoms. The largest absolute Gasteiger partial charge is 0.417 e. The molecule has 0 radical (unpaired) electrons. The van der Waals surface area contributed by atoms with E-state index >= 15 is 0 Å². The fourth-order valence-corrected chi connectivity index (χ4v) is 2.44. The third kappa shape index (κ3) is 4.31. The first kappa shape index (κ1) is 20.1.